The molecule has 31 heavy (non-hydrogen) atoms. The van der Waals surface area contributed by atoms with Gasteiger partial charge in [-0.15, -0.1) is 0 Å². The Kier molecular flexibility index (Phi) is 7.87. The van der Waals surface area contributed by atoms with Crippen molar-refractivity contribution in [1.29, 1.82) is 0 Å². The van der Waals surface area contributed by atoms with Crippen LogP contribution in [0.1, 0.15) is 5.56 Å². The number of carbonyl (C=O) groups excluding carboxylic acids is 1. The van der Waals surface area contributed by atoms with E-state index in [0.717, 1.165) is 4.31 Å². The van der Waals surface area contributed by atoms with Crippen LogP contribution in [0.2, 0.25) is 5.02 Å². The van der Waals surface area contributed by atoms with Crippen molar-refractivity contribution in [1.82, 2.24) is 4.31 Å². The second-order valence-electron chi connectivity index (χ2n) is 6.49. The fourth-order valence-corrected chi connectivity index (χ4v) is 4.91. The van der Waals surface area contributed by atoms with Crippen molar-refractivity contribution in [3.63, 3.8) is 0 Å². The molecule has 0 aromatic heterocycles. The summed E-state index contributed by atoms with van der Waals surface area (Å²) in [4.78, 5) is 12.7. The number of halogens is 4. The van der Waals surface area contributed by atoms with Gasteiger partial charge in [0.25, 0.3) is 0 Å². The minimum Gasteiger partial charge on any atom is -0.322 e. The molecule has 0 radical (unpaired) electrons. The summed E-state index contributed by atoms with van der Waals surface area (Å²) in [6.07, 6.45) is 0. The van der Waals surface area contributed by atoms with E-state index >= 15 is 0 Å². The van der Waals surface area contributed by atoms with Gasteiger partial charge in [0, 0.05) is 20.5 Å². The monoisotopic (exact) mass is 588 g/mol. The molecular formula is C21H16Br2ClFN2O3S. The van der Waals surface area contributed by atoms with Crippen molar-refractivity contribution in [2.75, 3.05) is 11.9 Å². The van der Waals surface area contributed by atoms with Crippen molar-refractivity contribution < 1.29 is 17.6 Å². The van der Waals surface area contributed by atoms with E-state index in [-0.39, 0.29) is 17.1 Å². The average molecular weight is 591 g/mol. The van der Waals surface area contributed by atoms with Gasteiger partial charge >= 0.3 is 0 Å². The lowest BCUT2D eigenvalue weighted by Gasteiger charge is -2.22. The summed E-state index contributed by atoms with van der Waals surface area (Å²) >= 11 is 12.6. The van der Waals surface area contributed by atoms with Gasteiger partial charge in [-0.1, -0.05) is 61.7 Å². The first-order valence-electron chi connectivity index (χ1n) is 8.91. The second-order valence-corrected chi connectivity index (χ2v) is 10.7. The quantitative estimate of drug-likeness (QED) is 0.377. The lowest BCUT2D eigenvalue weighted by Crippen LogP contribution is -2.37. The molecule has 0 unspecified atom stereocenters. The number of nitrogens with one attached hydrogen (secondary N) is 1. The first-order chi connectivity index (χ1) is 14.7. The highest BCUT2D eigenvalue weighted by Gasteiger charge is 2.28. The van der Waals surface area contributed by atoms with Crippen LogP contribution in [0.3, 0.4) is 0 Å². The number of anilines is 1. The highest BCUT2D eigenvalue weighted by molar-refractivity contribution is 9.10. The summed E-state index contributed by atoms with van der Waals surface area (Å²) in [7, 11) is -4.05. The Labute approximate surface area is 201 Å². The summed E-state index contributed by atoms with van der Waals surface area (Å²) in [5, 5.41) is 2.79. The van der Waals surface area contributed by atoms with Crippen LogP contribution in [0.4, 0.5) is 10.1 Å². The van der Waals surface area contributed by atoms with Crippen LogP contribution in [-0.2, 0) is 21.4 Å². The van der Waals surface area contributed by atoms with Gasteiger partial charge in [-0.3, -0.25) is 4.79 Å². The molecule has 0 fully saturated rings. The largest absolute Gasteiger partial charge is 0.322 e. The van der Waals surface area contributed by atoms with Crippen LogP contribution < -0.4 is 5.32 Å². The zero-order valence-corrected chi connectivity index (χ0v) is 20.6. The predicted molar refractivity (Wildman–Crippen MR) is 126 cm³/mol. The van der Waals surface area contributed by atoms with E-state index < -0.39 is 28.3 Å². The van der Waals surface area contributed by atoms with Crippen molar-refractivity contribution in [2.45, 2.75) is 11.4 Å². The second kappa shape index (κ2) is 10.2. The van der Waals surface area contributed by atoms with Crippen molar-refractivity contribution in [3.8, 4) is 0 Å². The lowest BCUT2D eigenvalue weighted by molar-refractivity contribution is -0.116. The van der Waals surface area contributed by atoms with Gasteiger partial charge in [-0.25, -0.2) is 12.8 Å². The molecule has 3 rings (SSSR count). The zero-order valence-electron chi connectivity index (χ0n) is 15.9. The van der Waals surface area contributed by atoms with Crippen molar-refractivity contribution >= 4 is 65.1 Å². The zero-order chi connectivity index (χ0) is 22.6. The summed E-state index contributed by atoms with van der Waals surface area (Å²) < 4.78 is 42.9. The Hall–Kier alpha value is -1.78. The van der Waals surface area contributed by atoms with Crippen molar-refractivity contribution in [3.05, 3.63) is 92.1 Å². The molecule has 0 saturated carbocycles. The Bertz CT molecular complexity index is 1210. The predicted octanol–water partition coefficient (Wildman–Crippen LogP) is 5.83. The molecule has 0 spiro atoms. The standard InChI is InChI=1S/C21H16Br2ClFN2O3S/c22-15-5-8-17(9-6-15)31(29,30)27(12-14-3-1-2-4-18(14)24)13-21(28)26-20-10-7-16(23)11-19(20)25/h1-11H,12-13H2,(H,26,28). The molecule has 0 aliphatic heterocycles. The first kappa shape index (κ1) is 23.9. The SMILES string of the molecule is O=C(CN(Cc1ccccc1Cl)S(=O)(=O)c1ccc(Br)cc1)Nc1ccc(Br)cc1F. The molecule has 162 valence electrons. The molecule has 0 aliphatic rings. The molecule has 3 aromatic rings. The lowest BCUT2D eigenvalue weighted by atomic mass is 10.2. The van der Waals surface area contributed by atoms with Crippen LogP contribution in [0.5, 0.6) is 0 Å². The maximum absolute atomic E-state index is 14.1. The van der Waals surface area contributed by atoms with Crippen LogP contribution in [0.15, 0.2) is 80.6 Å². The molecule has 10 heteroatoms. The van der Waals surface area contributed by atoms with Crippen LogP contribution in [-0.4, -0.2) is 25.2 Å². The number of nitrogens with zero attached hydrogens (tertiary/aromatic N) is 1. The molecule has 5 nitrogen and oxygen atoms in total. The molecule has 1 amide bonds. The van der Waals surface area contributed by atoms with Crippen molar-refractivity contribution in [2.24, 2.45) is 0 Å². The summed E-state index contributed by atoms with van der Waals surface area (Å²) in [5.74, 6) is -1.33. The van der Waals surface area contributed by atoms with E-state index in [1.54, 1.807) is 42.5 Å². The number of carbonyl (C=O) groups is 1. The van der Waals surface area contributed by atoms with Gasteiger partial charge in [0.2, 0.25) is 15.9 Å². The van der Waals surface area contributed by atoms with Gasteiger partial charge < -0.3 is 5.32 Å². The maximum Gasteiger partial charge on any atom is 0.243 e. The molecule has 0 bridgehead atoms. The summed E-state index contributed by atoms with van der Waals surface area (Å²) in [6.45, 7) is -0.659. The van der Waals surface area contributed by atoms with E-state index in [4.69, 9.17) is 11.6 Å². The fraction of sp³-hybridized carbons (Fsp3) is 0.0952. The third kappa shape index (κ3) is 6.14. The van der Waals surface area contributed by atoms with E-state index in [1.165, 1.54) is 24.3 Å². The van der Waals surface area contributed by atoms with E-state index in [0.29, 0.717) is 19.5 Å². The van der Waals surface area contributed by atoms with Gasteiger partial charge in [0.15, 0.2) is 0 Å². The maximum atomic E-state index is 14.1. The minimum atomic E-state index is -4.05. The number of hydrogen-bond acceptors (Lipinski definition) is 3. The smallest absolute Gasteiger partial charge is 0.243 e. The van der Waals surface area contributed by atoms with E-state index in [1.807, 2.05) is 0 Å². The third-order valence-electron chi connectivity index (χ3n) is 4.28. The topological polar surface area (TPSA) is 66.5 Å². The molecule has 0 atom stereocenters. The highest BCUT2D eigenvalue weighted by Crippen LogP contribution is 2.24. The average Bonchev–Trinajstić information content (AvgIpc) is 2.71. The first-order valence-corrected chi connectivity index (χ1v) is 12.3. The van der Waals surface area contributed by atoms with Crippen LogP contribution in [0.25, 0.3) is 0 Å². The van der Waals surface area contributed by atoms with Crippen LogP contribution in [0, 0.1) is 5.82 Å². The van der Waals surface area contributed by atoms with Gasteiger partial charge in [-0.05, 0) is 54.1 Å². The molecular weight excluding hydrogens is 575 g/mol. The summed E-state index contributed by atoms with van der Waals surface area (Å²) in [6, 6.07) is 17.0. The van der Waals surface area contributed by atoms with Crippen LogP contribution >= 0.6 is 43.5 Å². The molecule has 0 aliphatic carbocycles. The molecule has 0 heterocycles. The van der Waals surface area contributed by atoms with E-state index in [2.05, 4.69) is 37.2 Å². The Morgan fingerprint density at radius 2 is 1.65 bits per heavy atom. The molecule has 0 saturated heterocycles. The Morgan fingerprint density at radius 3 is 2.29 bits per heavy atom. The van der Waals surface area contributed by atoms with E-state index in [9.17, 15) is 17.6 Å². The fourth-order valence-electron chi connectivity index (χ4n) is 2.74. The molecule has 1 N–H and O–H groups in total. The highest BCUT2D eigenvalue weighted by atomic mass is 79.9. The number of rotatable bonds is 7. The summed E-state index contributed by atoms with van der Waals surface area (Å²) in [5.41, 5.74) is 0.486. The minimum absolute atomic E-state index is 0.0189. The number of amides is 1. The Morgan fingerprint density at radius 1 is 1.00 bits per heavy atom. The van der Waals surface area contributed by atoms with Gasteiger partial charge in [0.05, 0.1) is 17.1 Å². The Balaban J connectivity index is 1.90. The normalized spacial score (nSPS) is 11.5. The van der Waals surface area contributed by atoms with Gasteiger partial charge in [0.1, 0.15) is 5.82 Å². The number of hydrogen-bond donors (Lipinski definition) is 1. The number of benzene rings is 3. The van der Waals surface area contributed by atoms with Gasteiger partial charge in [-0.2, -0.15) is 4.31 Å². The third-order valence-corrected chi connectivity index (χ3v) is 7.48. The number of sulfonamides is 1. The molecule has 3 aromatic carbocycles.